The second-order valence-corrected chi connectivity index (χ2v) is 5.31. The fraction of sp³-hybridized carbons (Fsp3) is 0.667. The smallest absolute Gasteiger partial charge is 0.0939 e. The van der Waals surface area contributed by atoms with Crippen molar-refractivity contribution in [1.29, 1.82) is 0 Å². The van der Waals surface area contributed by atoms with E-state index in [2.05, 4.69) is 11.4 Å². The van der Waals surface area contributed by atoms with E-state index in [9.17, 15) is 5.11 Å². The first-order valence-electron chi connectivity index (χ1n) is 5.52. The number of hydrogen-bond donors (Lipinski definition) is 1. The molecule has 1 atom stereocenters. The van der Waals surface area contributed by atoms with Crippen molar-refractivity contribution in [2.45, 2.75) is 43.8 Å². The molecule has 0 bridgehead atoms. The lowest BCUT2D eigenvalue weighted by Gasteiger charge is -2.32. The van der Waals surface area contributed by atoms with E-state index in [4.69, 9.17) is 4.74 Å². The van der Waals surface area contributed by atoms with Crippen molar-refractivity contribution in [3.63, 3.8) is 0 Å². The van der Waals surface area contributed by atoms with Crippen LogP contribution >= 0.6 is 11.3 Å². The van der Waals surface area contributed by atoms with Crippen LogP contribution < -0.4 is 0 Å². The Hall–Kier alpha value is -0.380. The van der Waals surface area contributed by atoms with Crippen LogP contribution in [0.4, 0.5) is 0 Å². The Bertz CT molecular complexity index is 289. The summed E-state index contributed by atoms with van der Waals surface area (Å²) in [6.07, 6.45) is 4.71. The summed E-state index contributed by atoms with van der Waals surface area (Å²) in [6, 6.07) is 4.10. The summed E-state index contributed by atoms with van der Waals surface area (Å²) >= 11 is 1.70. The first kappa shape index (κ1) is 11.1. The van der Waals surface area contributed by atoms with E-state index in [0.717, 1.165) is 19.3 Å². The Kier molecular flexibility index (Phi) is 3.44. The summed E-state index contributed by atoms with van der Waals surface area (Å²) < 4.78 is 5.56. The van der Waals surface area contributed by atoms with Gasteiger partial charge in [0.15, 0.2) is 0 Å². The maximum absolute atomic E-state index is 10.3. The van der Waals surface area contributed by atoms with Crippen LogP contribution in [0.5, 0.6) is 0 Å². The molecule has 0 aromatic carbocycles. The molecular weight excluding hydrogens is 208 g/mol. The first-order chi connectivity index (χ1) is 7.27. The van der Waals surface area contributed by atoms with Crippen molar-refractivity contribution in [3.8, 4) is 0 Å². The van der Waals surface area contributed by atoms with Gasteiger partial charge in [-0.3, -0.25) is 0 Å². The number of methoxy groups -OCH3 is 1. The van der Waals surface area contributed by atoms with Crippen LogP contribution in [0.1, 0.15) is 30.6 Å². The largest absolute Gasteiger partial charge is 0.390 e. The summed E-state index contributed by atoms with van der Waals surface area (Å²) in [4.78, 5) is 1.24. The van der Waals surface area contributed by atoms with Gasteiger partial charge in [0.2, 0.25) is 0 Å². The fourth-order valence-corrected chi connectivity index (χ4v) is 3.20. The Morgan fingerprint density at radius 2 is 2.27 bits per heavy atom. The van der Waals surface area contributed by atoms with Crippen LogP contribution in [0.15, 0.2) is 17.5 Å². The van der Waals surface area contributed by atoms with Crippen molar-refractivity contribution in [1.82, 2.24) is 0 Å². The molecule has 2 nitrogen and oxygen atoms in total. The third-order valence-electron chi connectivity index (χ3n) is 3.44. The molecule has 3 heteroatoms. The highest BCUT2D eigenvalue weighted by Gasteiger charge is 2.40. The Labute approximate surface area is 94.9 Å². The molecule has 1 aliphatic rings. The molecule has 2 rings (SSSR count). The highest BCUT2D eigenvalue weighted by molar-refractivity contribution is 7.09. The summed E-state index contributed by atoms with van der Waals surface area (Å²) in [5, 5.41) is 12.3. The Morgan fingerprint density at radius 1 is 1.53 bits per heavy atom. The predicted molar refractivity (Wildman–Crippen MR) is 62.2 cm³/mol. The lowest BCUT2D eigenvalue weighted by molar-refractivity contribution is -0.0968. The Balaban J connectivity index is 2.02. The van der Waals surface area contributed by atoms with Crippen LogP contribution in [0.25, 0.3) is 0 Å². The molecule has 0 aliphatic heterocycles. The van der Waals surface area contributed by atoms with Crippen LogP contribution in [0, 0.1) is 0 Å². The lowest BCUT2D eigenvalue weighted by Crippen LogP contribution is -2.42. The summed E-state index contributed by atoms with van der Waals surface area (Å²) in [5.74, 6) is 0. The maximum atomic E-state index is 10.3. The molecule has 1 aromatic heterocycles. The molecule has 0 amide bonds. The minimum atomic E-state index is -0.358. The number of thiophene rings is 1. The molecular formula is C12H18O2S. The van der Waals surface area contributed by atoms with Gasteiger partial charge in [-0.15, -0.1) is 11.3 Å². The normalized spacial score (nSPS) is 21.7. The summed E-state index contributed by atoms with van der Waals surface area (Å²) in [7, 11) is 1.73. The van der Waals surface area contributed by atoms with Gasteiger partial charge in [-0.2, -0.15) is 0 Å². The summed E-state index contributed by atoms with van der Waals surface area (Å²) in [5.41, 5.74) is -0.274. The monoisotopic (exact) mass is 226 g/mol. The molecule has 15 heavy (non-hydrogen) atoms. The number of hydrogen-bond acceptors (Lipinski definition) is 3. The van der Waals surface area contributed by atoms with Crippen molar-refractivity contribution in [2.24, 2.45) is 0 Å². The molecule has 1 aromatic rings. The standard InChI is InChI=1S/C12H18O2S/c1-14-12(6-2-3-7-12)11(13)9-10-5-4-8-15-10/h4-5,8,11,13H,2-3,6-7,9H2,1H3. The van der Waals surface area contributed by atoms with E-state index in [-0.39, 0.29) is 11.7 Å². The van der Waals surface area contributed by atoms with Crippen LogP contribution in [-0.4, -0.2) is 23.9 Å². The van der Waals surface area contributed by atoms with E-state index in [1.54, 1.807) is 18.4 Å². The SMILES string of the molecule is COC1(C(O)Cc2cccs2)CCCC1. The summed E-state index contributed by atoms with van der Waals surface area (Å²) in [6.45, 7) is 0. The van der Waals surface area contributed by atoms with Crippen molar-refractivity contribution < 1.29 is 9.84 Å². The van der Waals surface area contributed by atoms with Gasteiger partial charge in [0.1, 0.15) is 0 Å². The van der Waals surface area contributed by atoms with Gasteiger partial charge in [-0.25, -0.2) is 0 Å². The van der Waals surface area contributed by atoms with E-state index in [1.165, 1.54) is 17.7 Å². The van der Waals surface area contributed by atoms with E-state index >= 15 is 0 Å². The first-order valence-corrected chi connectivity index (χ1v) is 6.40. The number of rotatable bonds is 4. The molecule has 0 spiro atoms. The van der Waals surface area contributed by atoms with Gasteiger partial charge in [-0.1, -0.05) is 18.9 Å². The molecule has 0 saturated heterocycles. The topological polar surface area (TPSA) is 29.5 Å². The molecule has 1 saturated carbocycles. The average Bonchev–Trinajstić information content (AvgIpc) is 2.87. The Morgan fingerprint density at radius 3 is 2.80 bits per heavy atom. The second kappa shape index (κ2) is 4.64. The van der Waals surface area contributed by atoms with E-state index in [0.29, 0.717) is 0 Å². The van der Waals surface area contributed by atoms with Crippen molar-refractivity contribution in [3.05, 3.63) is 22.4 Å². The molecule has 84 valence electrons. The van der Waals surface area contributed by atoms with Gasteiger partial charge in [0.05, 0.1) is 11.7 Å². The zero-order valence-electron chi connectivity index (χ0n) is 9.11. The zero-order chi connectivity index (χ0) is 10.7. The number of ether oxygens (including phenoxy) is 1. The number of aliphatic hydroxyl groups is 1. The van der Waals surface area contributed by atoms with Crippen molar-refractivity contribution >= 4 is 11.3 Å². The molecule has 0 radical (unpaired) electrons. The van der Waals surface area contributed by atoms with Crippen LogP contribution in [-0.2, 0) is 11.2 Å². The van der Waals surface area contributed by atoms with E-state index in [1.807, 2.05) is 6.07 Å². The molecule has 1 N–H and O–H groups in total. The highest BCUT2D eigenvalue weighted by Crippen LogP contribution is 2.37. The molecule has 1 fully saturated rings. The fourth-order valence-electron chi connectivity index (χ4n) is 2.45. The minimum absolute atomic E-state index is 0.274. The van der Waals surface area contributed by atoms with Gasteiger partial charge in [0.25, 0.3) is 0 Å². The predicted octanol–water partition coefficient (Wildman–Crippen LogP) is 2.61. The van der Waals surface area contributed by atoms with E-state index < -0.39 is 0 Å². The quantitative estimate of drug-likeness (QED) is 0.855. The minimum Gasteiger partial charge on any atom is -0.390 e. The highest BCUT2D eigenvalue weighted by atomic mass is 32.1. The lowest BCUT2D eigenvalue weighted by atomic mass is 9.92. The van der Waals surface area contributed by atoms with Gasteiger partial charge in [0, 0.05) is 18.4 Å². The molecule has 1 heterocycles. The zero-order valence-corrected chi connectivity index (χ0v) is 9.93. The maximum Gasteiger partial charge on any atom is 0.0939 e. The second-order valence-electron chi connectivity index (χ2n) is 4.28. The van der Waals surface area contributed by atoms with Crippen molar-refractivity contribution in [2.75, 3.05) is 7.11 Å². The molecule has 1 unspecified atom stereocenters. The van der Waals surface area contributed by atoms with Gasteiger partial charge in [-0.05, 0) is 24.3 Å². The van der Waals surface area contributed by atoms with Gasteiger partial charge >= 0.3 is 0 Å². The third-order valence-corrected chi connectivity index (χ3v) is 4.34. The average molecular weight is 226 g/mol. The van der Waals surface area contributed by atoms with Crippen LogP contribution in [0.3, 0.4) is 0 Å². The van der Waals surface area contributed by atoms with Crippen LogP contribution in [0.2, 0.25) is 0 Å². The van der Waals surface area contributed by atoms with Gasteiger partial charge < -0.3 is 9.84 Å². The molecule has 1 aliphatic carbocycles. The third kappa shape index (κ3) is 2.25. The number of aliphatic hydroxyl groups excluding tert-OH is 1.